The first-order valence-electron chi connectivity index (χ1n) is 5.36. The Morgan fingerprint density at radius 2 is 2.06 bits per heavy atom. The lowest BCUT2D eigenvalue weighted by atomic mass is 9.98. The van der Waals surface area contributed by atoms with Gasteiger partial charge in [0.1, 0.15) is 6.61 Å². The summed E-state index contributed by atoms with van der Waals surface area (Å²) in [6, 6.07) is 6.06. The molecule has 0 aliphatic carbocycles. The van der Waals surface area contributed by atoms with E-state index in [0.29, 0.717) is 10.6 Å². The summed E-state index contributed by atoms with van der Waals surface area (Å²) in [5, 5.41) is 9.69. The number of morpholine rings is 1. The maximum Gasteiger partial charge on any atom is 0.335 e. The summed E-state index contributed by atoms with van der Waals surface area (Å²) in [7, 11) is 1.57. The Hall–Kier alpha value is -1.59. The smallest absolute Gasteiger partial charge is 0.335 e. The Balaban J connectivity index is 2.37. The maximum absolute atomic E-state index is 11.6. The third kappa shape index (κ3) is 2.32. The number of carbonyl (C=O) groups is 2. The fourth-order valence-electron chi connectivity index (χ4n) is 1.98. The zero-order valence-electron chi connectivity index (χ0n) is 9.67. The first-order chi connectivity index (χ1) is 8.50. The van der Waals surface area contributed by atoms with E-state index in [1.807, 2.05) is 0 Å². The van der Waals surface area contributed by atoms with Gasteiger partial charge in [-0.1, -0.05) is 23.7 Å². The largest absolute Gasteiger partial charge is 0.479 e. The van der Waals surface area contributed by atoms with Crippen LogP contribution in [-0.2, 0) is 14.3 Å². The van der Waals surface area contributed by atoms with Crippen molar-refractivity contribution in [2.75, 3.05) is 13.7 Å². The van der Waals surface area contributed by atoms with Gasteiger partial charge in [0.05, 0.1) is 6.04 Å². The molecule has 0 saturated carbocycles. The minimum Gasteiger partial charge on any atom is -0.479 e. The number of carboxylic acid groups (broad SMARTS) is 1. The minimum absolute atomic E-state index is 0.211. The van der Waals surface area contributed by atoms with Gasteiger partial charge in [0.25, 0.3) is 0 Å². The van der Waals surface area contributed by atoms with Gasteiger partial charge >= 0.3 is 5.97 Å². The SMILES string of the molecule is CN1C(=O)CO[C@H](C(=O)O)[C@H]1c1ccc(Cl)cc1. The third-order valence-corrected chi connectivity index (χ3v) is 3.19. The summed E-state index contributed by atoms with van der Waals surface area (Å²) in [5.74, 6) is -1.33. The number of rotatable bonds is 2. The number of likely N-dealkylation sites (N-methyl/N-ethyl adjacent to an activating group) is 1. The predicted octanol–water partition coefficient (Wildman–Crippen LogP) is 1.32. The van der Waals surface area contributed by atoms with Crippen molar-refractivity contribution < 1.29 is 19.4 Å². The van der Waals surface area contributed by atoms with E-state index in [2.05, 4.69) is 0 Å². The first-order valence-corrected chi connectivity index (χ1v) is 5.74. The van der Waals surface area contributed by atoms with Gasteiger partial charge in [-0.3, -0.25) is 4.79 Å². The highest BCUT2D eigenvalue weighted by Crippen LogP contribution is 2.29. The van der Waals surface area contributed by atoms with Crippen molar-refractivity contribution in [1.82, 2.24) is 4.90 Å². The van der Waals surface area contributed by atoms with Crippen LogP contribution < -0.4 is 0 Å². The lowest BCUT2D eigenvalue weighted by Gasteiger charge is -2.37. The summed E-state index contributed by atoms with van der Waals surface area (Å²) < 4.78 is 5.10. The molecule has 1 amide bonds. The molecule has 2 rings (SSSR count). The molecule has 1 aliphatic rings. The summed E-state index contributed by atoms with van der Waals surface area (Å²) >= 11 is 5.79. The Bertz CT molecular complexity index is 473. The minimum atomic E-state index is -1.09. The number of halogens is 1. The number of benzene rings is 1. The first kappa shape index (κ1) is 12.9. The summed E-state index contributed by atoms with van der Waals surface area (Å²) in [6.07, 6.45) is -1.06. The summed E-state index contributed by atoms with van der Waals surface area (Å²) in [6.45, 7) is -0.211. The molecule has 0 bridgehead atoms. The van der Waals surface area contributed by atoms with Crippen LogP contribution in [0.15, 0.2) is 24.3 Å². The maximum atomic E-state index is 11.6. The number of hydrogen-bond acceptors (Lipinski definition) is 3. The topological polar surface area (TPSA) is 66.8 Å². The zero-order chi connectivity index (χ0) is 13.3. The van der Waals surface area contributed by atoms with Crippen molar-refractivity contribution >= 4 is 23.5 Å². The van der Waals surface area contributed by atoms with Crippen LogP contribution in [0.3, 0.4) is 0 Å². The molecule has 18 heavy (non-hydrogen) atoms. The molecular formula is C12H12ClNO4. The van der Waals surface area contributed by atoms with Gasteiger partial charge in [-0.15, -0.1) is 0 Å². The molecule has 1 aromatic carbocycles. The number of amides is 1. The Morgan fingerprint density at radius 1 is 1.44 bits per heavy atom. The monoisotopic (exact) mass is 269 g/mol. The highest BCUT2D eigenvalue weighted by molar-refractivity contribution is 6.30. The van der Waals surface area contributed by atoms with Crippen LogP contribution >= 0.6 is 11.6 Å². The molecule has 1 aliphatic heterocycles. The highest BCUT2D eigenvalue weighted by Gasteiger charge is 2.39. The van der Waals surface area contributed by atoms with Gasteiger partial charge in [-0.2, -0.15) is 0 Å². The number of ether oxygens (including phenoxy) is 1. The second-order valence-corrected chi connectivity index (χ2v) is 4.51. The second kappa shape index (κ2) is 4.96. The van der Waals surface area contributed by atoms with Crippen LogP contribution in [-0.4, -0.2) is 41.6 Å². The van der Waals surface area contributed by atoms with E-state index >= 15 is 0 Å². The molecule has 1 saturated heterocycles. The normalized spacial score (nSPS) is 24.1. The Kier molecular flexibility index (Phi) is 3.54. The van der Waals surface area contributed by atoms with E-state index in [-0.39, 0.29) is 12.5 Å². The van der Waals surface area contributed by atoms with E-state index in [0.717, 1.165) is 0 Å². The van der Waals surface area contributed by atoms with Crippen LogP contribution in [0.4, 0.5) is 0 Å². The molecule has 96 valence electrons. The van der Waals surface area contributed by atoms with Crippen LogP contribution in [0.2, 0.25) is 5.02 Å². The van der Waals surface area contributed by atoms with Crippen LogP contribution in [0.25, 0.3) is 0 Å². The van der Waals surface area contributed by atoms with Gasteiger partial charge in [-0.05, 0) is 17.7 Å². The van der Waals surface area contributed by atoms with E-state index in [4.69, 9.17) is 21.4 Å². The molecular weight excluding hydrogens is 258 g/mol. The third-order valence-electron chi connectivity index (χ3n) is 2.94. The number of carboxylic acids is 1. The van der Waals surface area contributed by atoms with E-state index in [9.17, 15) is 9.59 Å². The fraction of sp³-hybridized carbons (Fsp3) is 0.333. The molecule has 6 heteroatoms. The molecule has 1 N–H and O–H groups in total. The molecule has 0 spiro atoms. The summed E-state index contributed by atoms with van der Waals surface area (Å²) in [5.41, 5.74) is 0.683. The van der Waals surface area contributed by atoms with E-state index in [1.165, 1.54) is 4.90 Å². The number of aliphatic carboxylic acids is 1. The van der Waals surface area contributed by atoms with Gasteiger partial charge in [0.2, 0.25) is 5.91 Å². The molecule has 2 atom stereocenters. The Morgan fingerprint density at radius 3 is 2.61 bits per heavy atom. The molecule has 0 unspecified atom stereocenters. The van der Waals surface area contributed by atoms with E-state index in [1.54, 1.807) is 31.3 Å². The average molecular weight is 270 g/mol. The quantitative estimate of drug-likeness (QED) is 0.879. The second-order valence-electron chi connectivity index (χ2n) is 4.07. The Labute approximate surface area is 109 Å². The fourth-order valence-corrected chi connectivity index (χ4v) is 2.10. The molecule has 0 radical (unpaired) electrons. The molecule has 1 heterocycles. The lowest BCUT2D eigenvalue weighted by molar-refractivity contribution is -0.171. The average Bonchev–Trinajstić information content (AvgIpc) is 2.33. The van der Waals surface area contributed by atoms with Crippen molar-refractivity contribution in [1.29, 1.82) is 0 Å². The molecule has 1 fully saturated rings. The van der Waals surface area contributed by atoms with Gasteiger partial charge in [-0.25, -0.2) is 4.79 Å². The van der Waals surface area contributed by atoms with Crippen LogP contribution in [0.5, 0.6) is 0 Å². The summed E-state index contributed by atoms with van der Waals surface area (Å²) in [4.78, 5) is 24.2. The van der Waals surface area contributed by atoms with Gasteiger partial charge in [0, 0.05) is 12.1 Å². The van der Waals surface area contributed by atoms with Crippen LogP contribution in [0.1, 0.15) is 11.6 Å². The zero-order valence-corrected chi connectivity index (χ0v) is 10.4. The number of hydrogen-bond donors (Lipinski definition) is 1. The van der Waals surface area contributed by atoms with Crippen molar-refractivity contribution in [2.24, 2.45) is 0 Å². The van der Waals surface area contributed by atoms with Crippen molar-refractivity contribution in [2.45, 2.75) is 12.1 Å². The highest BCUT2D eigenvalue weighted by atomic mass is 35.5. The predicted molar refractivity (Wildman–Crippen MR) is 64.3 cm³/mol. The van der Waals surface area contributed by atoms with Gasteiger partial charge in [0.15, 0.2) is 6.10 Å². The van der Waals surface area contributed by atoms with Crippen molar-refractivity contribution in [3.63, 3.8) is 0 Å². The molecule has 1 aromatic rings. The van der Waals surface area contributed by atoms with Gasteiger partial charge < -0.3 is 14.7 Å². The van der Waals surface area contributed by atoms with Crippen molar-refractivity contribution in [3.8, 4) is 0 Å². The van der Waals surface area contributed by atoms with E-state index < -0.39 is 18.1 Å². The van der Waals surface area contributed by atoms with Crippen LogP contribution in [0, 0.1) is 0 Å². The molecule has 0 aromatic heterocycles. The number of nitrogens with zero attached hydrogens (tertiary/aromatic N) is 1. The number of carbonyl (C=O) groups excluding carboxylic acids is 1. The standard InChI is InChI=1S/C12H12ClNO4/c1-14-9(15)6-18-11(12(16)17)10(14)7-2-4-8(13)5-3-7/h2-5,10-11H,6H2,1H3,(H,16,17)/t10-,11+/m1/s1. The van der Waals surface area contributed by atoms with Crippen molar-refractivity contribution in [3.05, 3.63) is 34.9 Å². The lowest BCUT2D eigenvalue weighted by Crippen LogP contribution is -2.50. The molecule has 5 nitrogen and oxygen atoms in total.